The first-order valence-corrected chi connectivity index (χ1v) is 8.53. The summed E-state index contributed by atoms with van der Waals surface area (Å²) >= 11 is 0. The van der Waals surface area contributed by atoms with Gasteiger partial charge in [0.05, 0.1) is 0 Å². The van der Waals surface area contributed by atoms with Crippen LogP contribution in [0.2, 0.25) is 0 Å². The number of nitrogens with zero attached hydrogens (tertiary/aromatic N) is 1. The molecule has 20 heavy (non-hydrogen) atoms. The molecule has 0 aromatic heterocycles. The highest BCUT2D eigenvalue weighted by molar-refractivity contribution is 5.99. The van der Waals surface area contributed by atoms with Gasteiger partial charge in [0.1, 0.15) is 0 Å². The second kappa shape index (κ2) is 10.1. The van der Waals surface area contributed by atoms with E-state index in [1.165, 1.54) is 44.9 Å². The molecule has 0 aromatic carbocycles. The average molecular weight is 279 g/mol. The van der Waals surface area contributed by atoms with Gasteiger partial charge >= 0.3 is 0 Å². The molecule has 0 radical (unpaired) electrons. The van der Waals surface area contributed by atoms with E-state index in [4.69, 9.17) is 0 Å². The van der Waals surface area contributed by atoms with Crippen LogP contribution in [0.1, 0.15) is 71.1 Å². The Bertz CT molecular complexity index is 307. The lowest BCUT2D eigenvalue weighted by molar-refractivity contribution is -0.118. The van der Waals surface area contributed by atoms with Crippen LogP contribution in [0, 0.1) is 5.92 Å². The van der Waals surface area contributed by atoms with Gasteiger partial charge in [0.2, 0.25) is 0 Å². The van der Waals surface area contributed by atoms with Crippen LogP contribution < -0.4 is 0 Å². The molecule has 0 amide bonds. The van der Waals surface area contributed by atoms with Gasteiger partial charge < -0.3 is 4.90 Å². The highest BCUT2D eigenvalue weighted by atomic mass is 16.1. The Morgan fingerprint density at radius 1 is 1.10 bits per heavy atom. The minimum absolute atomic E-state index is 0.255. The molecule has 0 aromatic rings. The molecule has 0 heterocycles. The van der Waals surface area contributed by atoms with Crippen molar-refractivity contribution in [3.8, 4) is 0 Å². The van der Waals surface area contributed by atoms with Gasteiger partial charge in [-0.05, 0) is 45.4 Å². The summed E-state index contributed by atoms with van der Waals surface area (Å²) in [5.41, 5.74) is 1.11. The maximum Gasteiger partial charge on any atom is 0.162 e. The molecule has 0 bridgehead atoms. The van der Waals surface area contributed by atoms with Crippen LogP contribution in [-0.2, 0) is 4.79 Å². The van der Waals surface area contributed by atoms with Crippen molar-refractivity contribution >= 4 is 5.78 Å². The molecule has 1 aliphatic carbocycles. The molecule has 1 saturated carbocycles. The van der Waals surface area contributed by atoms with Gasteiger partial charge in [0.15, 0.2) is 5.78 Å². The monoisotopic (exact) mass is 279 g/mol. The van der Waals surface area contributed by atoms with E-state index in [1.807, 2.05) is 14.1 Å². The summed E-state index contributed by atoms with van der Waals surface area (Å²) in [6, 6.07) is 0. The zero-order valence-electron chi connectivity index (χ0n) is 13.8. The fourth-order valence-corrected chi connectivity index (χ4v) is 3.04. The molecular formula is C18H33NO. The van der Waals surface area contributed by atoms with Gasteiger partial charge in [0, 0.05) is 12.5 Å². The van der Waals surface area contributed by atoms with Gasteiger partial charge in [0.25, 0.3) is 0 Å². The minimum Gasteiger partial charge on any atom is -0.309 e. The zero-order valence-corrected chi connectivity index (χ0v) is 13.8. The lowest BCUT2D eigenvalue weighted by atomic mass is 10.0. The Balaban J connectivity index is 2.12. The number of hydrogen-bond donors (Lipinski definition) is 0. The third-order valence-electron chi connectivity index (χ3n) is 4.23. The Kier molecular flexibility index (Phi) is 8.84. The number of ketones is 1. The molecule has 0 aliphatic heterocycles. The molecule has 0 N–H and O–H groups in total. The first-order chi connectivity index (χ1) is 9.65. The molecule has 1 aliphatic rings. The van der Waals surface area contributed by atoms with E-state index in [0.29, 0.717) is 5.78 Å². The van der Waals surface area contributed by atoms with Crippen molar-refractivity contribution in [2.45, 2.75) is 71.1 Å². The summed E-state index contributed by atoms with van der Waals surface area (Å²) in [6.07, 6.45) is 14.8. The van der Waals surface area contributed by atoms with E-state index in [9.17, 15) is 4.79 Å². The Labute approximate surface area is 125 Å². The van der Waals surface area contributed by atoms with E-state index in [2.05, 4.69) is 17.9 Å². The summed E-state index contributed by atoms with van der Waals surface area (Å²) in [4.78, 5) is 14.3. The first-order valence-electron chi connectivity index (χ1n) is 8.53. The molecule has 1 rings (SSSR count). The second-order valence-electron chi connectivity index (χ2n) is 6.50. The van der Waals surface area contributed by atoms with Crippen LogP contribution in [0.15, 0.2) is 11.6 Å². The summed E-state index contributed by atoms with van der Waals surface area (Å²) in [5, 5.41) is 0. The average Bonchev–Trinajstić information content (AvgIpc) is 2.74. The number of rotatable bonds is 10. The van der Waals surface area contributed by atoms with Crippen LogP contribution in [-0.4, -0.2) is 31.3 Å². The van der Waals surface area contributed by atoms with Gasteiger partial charge in [-0.15, -0.1) is 0 Å². The number of unbranched alkanes of at least 4 members (excludes halogenated alkanes) is 7. The maximum absolute atomic E-state index is 12.2. The van der Waals surface area contributed by atoms with Crippen LogP contribution in [0.5, 0.6) is 0 Å². The standard InChI is InChI=1S/C18H33NO/c1-4-5-6-7-8-9-10-11-12-16-13-14-17(18(16)20)15-19(2)3/h12,17H,4-11,13-15H2,1-3H3/b16-12+/t17-/m0/s1. The van der Waals surface area contributed by atoms with E-state index in [1.54, 1.807) is 0 Å². The molecule has 0 saturated heterocycles. The fraction of sp³-hybridized carbons (Fsp3) is 0.833. The van der Waals surface area contributed by atoms with Crippen LogP contribution in [0.25, 0.3) is 0 Å². The van der Waals surface area contributed by atoms with E-state index in [0.717, 1.165) is 31.4 Å². The van der Waals surface area contributed by atoms with Crippen molar-refractivity contribution in [1.29, 1.82) is 0 Å². The van der Waals surface area contributed by atoms with Crippen molar-refractivity contribution in [3.63, 3.8) is 0 Å². The highest BCUT2D eigenvalue weighted by Gasteiger charge is 2.28. The predicted molar refractivity (Wildman–Crippen MR) is 87.0 cm³/mol. The first kappa shape index (κ1) is 17.4. The predicted octanol–water partition coefficient (Wildman–Crippen LogP) is 4.59. The van der Waals surface area contributed by atoms with Crippen LogP contribution >= 0.6 is 0 Å². The van der Waals surface area contributed by atoms with Crippen molar-refractivity contribution < 1.29 is 4.79 Å². The molecule has 2 heteroatoms. The summed E-state index contributed by atoms with van der Waals surface area (Å²) in [6.45, 7) is 3.17. The number of carbonyl (C=O) groups excluding carboxylic acids is 1. The van der Waals surface area contributed by atoms with Gasteiger partial charge in [-0.1, -0.05) is 51.5 Å². The summed E-state index contributed by atoms with van der Waals surface area (Å²) < 4.78 is 0. The maximum atomic E-state index is 12.2. The summed E-state index contributed by atoms with van der Waals surface area (Å²) in [7, 11) is 4.10. The van der Waals surface area contributed by atoms with Crippen molar-refractivity contribution in [1.82, 2.24) is 4.90 Å². The van der Waals surface area contributed by atoms with Crippen molar-refractivity contribution in [2.75, 3.05) is 20.6 Å². The third kappa shape index (κ3) is 6.69. The van der Waals surface area contributed by atoms with Crippen LogP contribution in [0.3, 0.4) is 0 Å². The fourth-order valence-electron chi connectivity index (χ4n) is 3.04. The quantitative estimate of drug-likeness (QED) is 0.430. The van der Waals surface area contributed by atoms with Gasteiger partial charge in [-0.2, -0.15) is 0 Å². The van der Waals surface area contributed by atoms with Crippen molar-refractivity contribution in [2.24, 2.45) is 5.92 Å². The van der Waals surface area contributed by atoms with E-state index in [-0.39, 0.29) is 5.92 Å². The Morgan fingerprint density at radius 2 is 1.75 bits per heavy atom. The van der Waals surface area contributed by atoms with Crippen molar-refractivity contribution in [3.05, 3.63) is 11.6 Å². The molecular weight excluding hydrogens is 246 g/mol. The van der Waals surface area contributed by atoms with Gasteiger partial charge in [-0.25, -0.2) is 0 Å². The summed E-state index contributed by atoms with van der Waals surface area (Å²) in [5.74, 6) is 0.673. The smallest absolute Gasteiger partial charge is 0.162 e. The Hall–Kier alpha value is -0.630. The Morgan fingerprint density at radius 3 is 2.40 bits per heavy atom. The normalized spacial score (nSPS) is 21.3. The van der Waals surface area contributed by atoms with Crippen LogP contribution in [0.4, 0.5) is 0 Å². The SMILES string of the molecule is CCCCCCCCC/C=C1\CC[C@@H](CN(C)C)C1=O. The molecule has 116 valence electrons. The molecule has 0 unspecified atom stereocenters. The minimum atomic E-state index is 0.255. The second-order valence-corrected chi connectivity index (χ2v) is 6.50. The molecule has 0 spiro atoms. The van der Waals surface area contributed by atoms with E-state index >= 15 is 0 Å². The lowest BCUT2D eigenvalue weighted by Crippen LogP contribution is -2.24. The number of Topliss-reactive ketones (excluding diaryl/α,β-unsaturated/α-hetero) is 1. The molecule has 2 nitrogen and oxygen atoms in total. The highest BCUT2D eigenvalue weighted by Crippen LogP contribution is 2.27. The van der Waals surface area contributed by atoms with Gasteiger partial charge in [-0.3, -0.25) is 4.79 Å². The zero-order chi connectivity index (χ0) is 14.8. The number of hydrogen-bond acceptors (Lipinski definition) is 2. The number of carbonyl (C=O) groups is 1. The lowest BCUT2D eigenvalue weighted by Gasteiger charge is -2.13. The van der Waals surface area contributed by atoms with E-state index < -0.39 is 0 Å². The third-order valence-corrected chi connectivity index (χ3v) is 4.23. The largest absolute Gasteiger partial charge is 0.309 e. The number of allylic oxidation sites excluding steroid dienone is 2. The molecule has 1 atom stereocenters. The molecule has 1 fully saturated rings. The topological polar surface area (TPSA) is 20.3 Å².